The van der Waals surface area contributed by atoms with E-state index in [9.17, 15) is 9.59 Å². The molecule has 2 aliphatic rings. The van der Waals surface area contributed by atoms with Crippen LogP contribution >= 0.6 is 0 Å². The second-order valence-corrected chi connectivity index (χ2v) is 6.84. The number of carbonyl (C=O) groups is 2. The number of nitrogens with one attached hydrogen (secondary N) is 3. The van der Waals surface area contributed by atoms with E-state index in [0.29, 0.717) is 17.4 Å². The number of carbonyl (C=O) groups excluding carboxylic acids is 2. The maximum Gasteiger partial charge on any atom is 0.319 e. The van der Waals surface area contributed by atoms with E-state index in [2.05, 4.69) is 21.0 Å². The highest BCUT2D eigenvalue weighted by atomic mass is 16.2. The predicted molar refractivity (Wildman–Crippen MR) is 94.3 cm³/mol. The van der Waals surface area contributed by atoms with Gasteiger partial charge in [-0.15, -0.1) is 0 Å². The van der Waals surface area contributed by atoms with Crippen molar-refractivity contribution in [1.29, 1.82) is 0 Å². The Labute approximate surface area is 145 Å². The van der Waals surface area contributed by atoms with Gasteiger partial charge in [-0.05, 0) is 48.9 Å². The molecule has 130 valence electrons. The normalized spacial score (nSPS) is 21.5. The standard InChI is InChI=1S/C18H21N5O2/c1-23-10-11(9-19-23)15-8-16(15)17(24)20-13-3-2-4-14(7-13)22-18(25)21-12-5-6-12/h2-4,7,9-10,12,15-16H,5-6,8H2,1H3,(H,20,24)(H2,21,22,25)/t15-,16-/m1/s1. The Morgan fingerprint density at radius 1 is 1.20 bits per heavy atom. The average molecular weight is 339 g/mol. The molecule has 0 unspecified atom stereocenters. The van der Waals surface area contributed by atoms with Crippen molar-refractivity contribution >= 4 is 23.3 Å². The summed E-state index contributed by atoms with van der Waals surface area (Å²) in [6.45, 7) is 0. The Kier molecular flexibility index (Phi) is 3.91. The van der Waals surface area contributed by atoms with Crippen LogP contribution in [0.25, 0.3) is 0 Å². The number of rotatable bonds is 5. The topological polar surface area (TPSA) is 88.0 Å². The van der Waals surface area contributed by atoms with Gasteiger partial charge >= 0.3 is 6.03 Å². The van der Waals surface area contributed by atoms with Gasteiger partial charge in [-0.1, -0.05) is 6.07 Å². The van der Waals surface area contributed by atoms with Crippen LogP contribution in [0.3, 0.4) is 0 Å². The zero-order chi connectivity index (χ0) is 17.4. The van der Waals surface area contributed by atoms with Gasteiger partial charge in [-0.2, -0.15) is 5.10 Å². The fourth-order valence-electron chi connectivity index (χ4n) is 2.97. The lowest BCUT2D eigenvalue weighted by Gasteiger charge is -2.09. The third kappa shape index (κ3) is 3.81. The third-order valence-electron chi connectivity index (χ3n) is 4.58. The third-order valence-corrected chi connectivity index (χ3v) is 4.58. The van der Waals surface area contributed by atoms with E-state index in [1.807, 2.05) is 31.6 Å². The maximum atomic E-state index is 12.4. The molecule has 2 fully saturated rings. The van der Waals surface area contributed by atoms with E-state index in [1.54, 1.807) is 16.8 Å². The van der Waals surface area contributed by atoms with E-state index in [1.165, 1.54) is 0 Å². The summed E-state index contributed by atoms with van der Waals surface area (Å²) >= 11 is 0. The first-order valence-electron chi connectivity index (χ1n) is 8.55. The van der Waals surface area contributed by atoms with Crippen molar-refractivity contribution in [2.45, 2.75) is 31.2 Å². The molecule has 7 nitrogen and oxygen atoms in total. The van der Waals surface area contributed by atoms with E-state index in [-0.39, 0.29) is 23.8 Å². The van der Waals surface area contributed by atoms with Crippen molar-refractivity contribution in [1.82, 2.24) is 15.1 Å². The minimum atomic E-state index is -0.204. The molecule has 1 heterocycles. The van der Waals surface area contributed by atoms with Gasteiger partial charge in [0, 0.05) is 36.6 Å². The summed E-state index contributed by atoms with van der Waals surface area (Å²) in [7, 11) is 1.87. The van der Waals surface area contributed by atoms with Crippen LogP contribution < -0.4 is 16.0 Å². The Hall–Kier alpha value is -2.83. The predicted octanol–water partition coefficient (Wildman–Crippen LogP) is 2.45. The minimum absolute atomic E-state index is 0.00781. The molecule has 0 radical (unpaired) electrons. The lowest BCUT2D eigenvalue weighted by atomic mass is 10.2. The van der Waals surface area contributed by atoms with Crippen LogP contribution in [0.5, 0.6) is 0 Å². The number of urea groups is 1. The van der Waals surface area contributed by atoms with Crippen LogP contribution in [0.4, 0.5) is 16.2 Å². The molecular weight excluding hydrogens is 318 g/mol. The smallest absolute Gasteiger partial charge is 0.319 e. The Morgan fingerprint density at radius 3 is 2.64 bits per heavy atom. The molecule has 7 heteroatoms. The number of amides is 3. The number of aryl methyl sites for hydroxylation is 1. The summed E-state index contributed by atoms with van der Waals surface area (Å²) in [6, 6.07) is 7.31. The molecule has 4 rings (SSSR count). The van der Waals surface area contributed by atoms with Gasteiger partial charge in [0.2, 0.25) is 5.91 Å². The van der Waals surface area contributed by atoms with Crippen LogP contribution in [-0.2, 0) is 11.8 Å². The minimum Gasteiger partial charge on any atom is -0.335 e. The number of anilines is 2. The van der Waals surface area contributed by atoms with Gasteiger partial charge in [0.25, 0.3) is 0 Å². The van der Waals surface area contributed by atoms with Gasteiger partial charge in [0.1, 0.15) is 0 Å². The zero-order valence-corrected chi connectivity index (χ0v) is 14.0. The largest absolute Gasteiger partial charge is 0.335 e. The van der Waals surface area contributed by atoms with E-state index in [0.717, 1.165) is 24.8 Å². The van der Waals surface area contributed by atoms with E-state index < -0.39 is 0 Å². The number of aromatic nitrogens is 2. The fraction of sp³-hybridized carbons (Fsp3) is 0.389. The number of hydrogen-bond acceptors (Lipinski definition) is 3. The molecule has 0 saturated heterocycles. The van der Waals surface area contributed by atoms with Gasteiger partial charge in [-0.3, -0.25) is 9.48 Å². The Balaban J connectivity index is 1.33. The molecule has 1 aromatic carbocycles. The van der Waals surface area contributed by atoms with Crippen molar-refractivity contribution in [3.63, 3.8) is 0 Å². The van der Waals surface area contributed by atoms with Crippen LogP contribution in [0, 0.1) is 5.92 Å². The molecular formula is C18H21N5O2. The Morgan fingerprint density at radius 2 is 1.96 bits per heavy atom. The monoisotopic (exact) mass is 339 g/mol. The average Bonchev–Trinajstić information content (AvgIpc) is 3.48. The van der Waals surface area contributed by atoms with Crippen LogP contribution in [0.15, 0.2) is 36.7 Å². The van der Waals surface area contributed by atoms with Crippen LogP contribution in [0.2, 0.25) is 0 Å². The fourth-order valence-corrected chi connectivity index (χ4v) is 2.97. The zero-order valence-electron chi connectivity index (χ0n) is 14.0. The molecule has 2 saturated carbocycles. The van der Waals surface area contributed by atoms with Crippen molar-refractivity contribution in [3.05, 3.63) is 42.2 Å². The lowest BCUT2D eigenvalue weighted by molar-refractivity contribution is -0.117. The van der Waals surface area contributed by atoms with E-state index >= 15 is 0 Å². The molecule has 0 bridgehead atoms. The molecule has 0 aliphatic heterocycles. The molecule has 3 amide bonds. The SMILES string of the molecule is Cn1cc([C@H]2C[C@H]2C(=O)Nc2cccc(NC(=O)NC3CC3)c2)cn1. The highest BCUT2D eigenvalue weighted by Crippen LogP contribution is 2.47. The summed E-state index contributed by atoms with van der Waals surface area (Å²) in [5.74, 6) is 0.242. The number of hydrogen-bond donors (Lipinski definition) is 3. The second kappa shape index (κ2) is 6.23. The van der Waals surface area contributed by atoms with E-state index in [4.69, 9.17) is 0 Å². The summed E-state index contributed by atoms with van der Waals surface area (Å²) in [6.07, 6.45) is 6.72. The molecule has 2 aromatic rings. The molecule has 3 N–H and O–H groups in total. The number of nitrogens with zero attached hydrogens (tertiary/aromatic N) is 2. The van der Waals surface area contributed by atoms with Crippen LogP contribution in [-0.4, -0.2) is 27.8 Å². The molecule has 2 aliphatic carbocycles. The quantitative estimate of drug-likeness (QED) is 0.782. The highest BCUT2D eigenvalue weighted by Gasteiger charge is 2.44. The van der Waals surface area contributed by atoms with Crippen molar-refractivity contribution in [2.24, 2.45) is 13.0 Å². The lowest BCUT2D eigenvalue weighted by Crippen LogP contribution is -2.30. The summed E-state index contributed by atoms with van der Waals surface area (Å²) in [5.41, 5.74) is 2.46. The van der Waals surface area contributed by atoms with Gasteiger partial charge in [0.15, 0.2) is 0 Å². The highest BCUT2D eigenvalue weighted by molar-refractivity contribution is 5.96. The van der Waals surface area contributed by atoms with Crippen molar-refractivity contribution in [2.75, 3.05) is 10.6 Å². The maximum absolute atomic E-state index is 12.4. The summed E-state index contributed by atoms with van der Waals surface area (Å²) < 4.78 is 1.75. The summed E-state index contributed by atoms with van der Waals surface area (Å²) in [5, 5.41) is 12.8. The van der Waals surface area contributed by atoms with Crippen molar-refractivity contribution < 1.29 is 9.59 Å². The van der Waals surface area contributed by atoms with Crippen molar-refractivity contribution in [3.8, 4) is 0 Å². The number of benzene rings is 1. The molecule has 25 heavy (non-hydrogen) atoms. The van der Waals surface area contributed by atoms with Gasteiger partial charge in [-0.25, -0.2) is 4.79 Å². The molecule has 0 spiro atoms. The van der Waals surface area contributed by atoms with Gasteiger partial charge < -0.3 is 16.0 Å². The summed E-state index contributed by atoms with van der Waals surface area (Å²) in [4.78, 5) is 24.2. The van der Waals surface area contributed by atoms with Gasteiger partial charge in [0.05, 0.1) is 6.20 Å². The Bertz CT molecular complexity index is 811. The molecule has 1 aromatic heterocycles. The first-order chi connectivity index (χ1) is 12.1. The molecule has 2 atom stereocenters. The first kappa shape index (κ1) is 15.7. The van der Waals surface area contributed by atoms with Crippen LogP contribution in [0.1, 0.15) is 30.7 Å². The first-order valence-corrected chi connectivity index (χ1v) is 8.55. The second-order valence-electron chi connectivity index (χ2n) is 6.84.